The van der Waals surface area contributed by atoms with Gasteiger partial charge >= 0.3 is 0 Å². The largest absolute Gasteiger partial charge is 0.298 e. The van der Waals surface area contributed by atoms with Crippen LogP contribution in [0.15, 0.2) is 48.5 Å². The highest BCUT2D eigenvalue weighted by Gasteiger charge is 2.11. The summed E-state index contributed by atoms with van der Waals surface area (Å²) in [6, 6.07) is 10.00. The average molecular weight is 412 g/mol. The Kier molecular flexibility index (Phi) is 7.08. The molecule has 0 radical (unpaired) electrons. The number of carbonyl (C=O) groups excluding carboxylic acids is 2. The lowest BCUT2D eigenvalue weighted by Crippen LogP contribution is -2.48. The summed E-state index contributed by atoms with van der Waals surface area (Å²) in [6.45, 7) is 0. The molecular weight excluding hydrogens is 400 g/mol. The summed E-state index contributed by atoms with van der Waals surface area (Å²) in [7, 11) is 0. The molecule has 0 saturated carbocycles. The highest BCUT2D eigenvalue weighted by atomic mass is 35.5. The van der Waals surface area contributed by atoms with Gasteiger partial charge in [0.15, 0.2) is 5.11 Å². The molecule has 0 aliphatic rings. The molecule has 0 aromatic heterocycles. The summed E-state index contributed by atoms with van der Waals surface area (Å²) in [6.07, 6.45) is 2.71. The van der Waals surface area contributed by atoms with Gasteiger partial charge in [-0.1, -0.05) is 35.3 Å². The van der Waals surface area contributed by atoms with Gasteiger partial charge in [-0.25, -0.2) is 4.39 Å². The molecule has 0 saturated heterocycles. The first-order chi connectivity index (χ1) is 12.3. The number of hydrogen-bond acceptors (Lipinski definition) is 3. The Morgan fingerprint density at radius 3 is 2.38 bits per heavy atom. The van der Waals surface area contributed by atoms with Gasteiger partial charge in [0.2, 0.25) is 5.91 Å². The molecule has 3 N–H and O–H groups in total. The SMILES string of the molecule is O=C(/C=C/c1ccc(F)cc1)NC(=S)NNC(=O)c1ccc(Cl)cc1Cl. The zero-order valence-corrected chi connectivity index (χ0v) is 15.4. The number of benzene rings is 2. The number of thiocarbonyl (C=S) groups is 1. The fourth-order valence-corrected chi connectivity index (χ4v) is 2.43. The van der Waals surface area contributed by atoms with Gasteiger partial charge in [-0.3, -0.25) is 25.8 Å². The molecule has 2 aromatic rings. The molecular formula is C17H12Cl2FN3O2S. The maximum Gasteiger partial charge on any atom is 0.271 e. The molecule has 5 nitrogen and oxygen atoms in total. The van der Waals surface area contributed by atoms with E-state index in [0.29, 0.717) is 10.6 Å². The number of hydrogen-bond donors (Lipinski definition) is 3. The number of amides is 2. The Bertz CT molecular complexity index is 873. The highest BCUT2D eigenvalue weighted by Crippen LogP contribution is 2.20. The van der Waals surface area contributed by atoms with Crippen LogP contribution in [0.25, 0.3) is 6.08 Å². The van der Waals surface area contributed by atoms with Gasteiger partial charge in [0, 0.05) is 11.1 Å². The monoisotopic (exact) mass is 411 g/mol. The van der Waals surface area contributed by atoms with Crippen LogP contribution < -0.4 is 16.2 Å². The summed E-state index contributed by atoms with van der Waals surface area (Å²) in [5.41, 5.74) is 5.52. The van der Waals surface area contributed by atoms with E-state index in [4.69, 9.17) is 35.4 Å². The predicted octanol–water partition coefficient (Wildman–Crippen LogP) is 3.48. The van der Waals surface area contributed by atoms with Crippen LogP contribution in [0.5, 0.6) is 0 Å². The summed E-state index contributed by atoms with van der Waals surface area (Å²) in [5.74, 6) is -1.44. The molecule has 0 spiro atoms. The highest BCUT2D eigenvalue weighted by molar-refractivity contribution is 7.80. The molecule has 0 aliphatic carbocycles. The Balaban J connectivity index is 1.83. The van der Waals surface area contributed by atoms with Crippen molar-refractivity contribution in [3.8, 4) is 0 Å². The van der Waals surface area contributed by atoms with Crippen molar-refractivity contribution in [2.75, 3.05) is 0 Å². The number of carbonyl (C=O) groups is 2. The normalized spacial score (nSPS) is 10.4. The fourth-order valence-electron chi connectivity index (χ4n) is 1.79. The first-order valence-corrected chi connectivity index (χ1v) is 8.31. The van der Waals surface area contributed by atoms with Crippen molar-refractivity contribution in [3.05, 3.63) is 75.5 Å². The van der Waals surface area contributed by atoms with E-state index in [-0.39, 0.29) is 21.5 Å². The van der Waals surface area contributed by atoms with Crippen LogP contribution in [0.3, 0.4) is 0 Å². The molecule has 2 aromatic carbocycles. The van der Waals surface area contributed by atoms with E-state index >= 15 is 0 Å². The molecule has 134 valence electrons. The fraction of sp³-hybridized carbons (Fsp3) is 0. The maximum atomic E-state index is 12.8. The van der Waals surface area contributed by atoms with Gasteiger partial charge < -0.3 is 0 Å². The Labute approximate surface area is 164 Å². The molecule has 0 unspecified atom stereocenters. The maximum absolute atomic E-state index is 12.8. The minimum atomic E-state index is -0.551. The zero-order chi connectivity index (χ0) is 19.1. The van der Waals surface area contributed by atoms with E-state index < -0.39 is 11.8 Å². The second-order valence-electron chi connectivity index (χ2n) is 4.91. The molecule has 0 bridgehead atoms. The standard InChI is InChI=1S/C17H12Cl2FN3O2S/c18-11-4-7-13(14(19)9-11)16(25)22-23-17(26)21-15(24)8-3-10-1-5-12(20)6-2-10/h1-9H,(H,22,25)(H2,21,23,24,26)/b8-3+. The van der Waals surface area contributed by atoms with Crippen LogP contribution in [-0.4, -0.2) is 16.9 Å². The number of halogens is 3. The van der Waals surface area contributed by atoms with E-state index in [1.807, 2.05) is 0 Å². The van der Waals surface area contributed by atoms with Crippen molar-refractivity contribution in [2.45, 2.75) is 0 Å². The van der Waals surface area contributed by atoms with Gasteiger partial charge in [0.25, 0.3) is 5.91 Å². The van der Waals surface area contributed by atoms with Crippen LogP contribution in [-0.2, 0) is 4.79 Å². The van der Waals surface area contributed by atoms with E-state index in [1.165, 1.54) is 54.6 Å². The van der Waals surface area contributed by atoms with Crippen molar-refractivity contribution in [1.82, 2.24) is 16.2 Å². The minimum Gasteiger partial charge on any atom is -0.298 e. The number of rotatable bonds is 3. The van der Waals surface area contributed by atoms with Gasteiger partial charge in [-0.05, 0) is 54.2 Å². The van der Waals surface area contributed by atoms with Crippen LogP contribution >= 0.6 is 35.4 Å². The summed E-state index contributed by atoms with van der Waals surface area (Å²) < 4.78 is 12.8. The third-order valence-electron chi connectivity index (χ3n) is 3.00. The first kappa shape index (κ1) is 19.8. The topological polar surface area (TPSA) is 70.2 Å². The third kappa shape index (κ3) is 6.11. The van der Waals surface area contributed by atoms with Crippen LogP contribution in [0.1, 0.15) is 15.9 Å². The molecule has 2 rings (SSSR count). The number of hydrazine groups is 1. The second-order valence-corrected chi connectivity index (χ2v) is 6.16. The van der Waals surface area contributed by atoms with E-state index in [0.717, 1.165) is 0 Å². The zero-order valence-electron chi connectivity index (χ0n) is 13.1. The van der Waals surface area contributed by atoms with Crippen molar-refractivity contribution in [2.24, 2.45) is 0 Å². The van der Waals surface area contributed by atoms with E-state index in [1.54, 1.807) is 0 Å². The van der Waals surface area contributed by atoms with Crippen molar-refractivity contribution in [3.63, 3.8) is 0 Å². The van der Waals surface area contributed by atoms with Crippen molar-refractivity contribution >= 4 is 58.4 Å². The van der Waals surface area contributed by atoms with Crippen LogP contribution in [0, 0.1) is 5.82 Å². The Hall–Kier alpha value is -2.48. The Morgan fingerprint density at radius 1 is 1.04 bits per heavy atom. The van der Waals surface area contributed by atoms with E-state index in [9.17, 15) is 14.0 Å². The van der Waals surface area contributed by atoms with Gasteiger partial charge in [0.05, 0.1) is 10.6 Å². The minimum absolute atomic E-state index is 0.114. The molecule has 0 aliphatic heterocycles. The molecule has 0 fully saturated rings. The summed E-state index contributed by atoms with van der Waals surface area (Å²) in [5, 5.41) is 2.80. The average Bonchev–Trinajstić information content (AvgIpc) is 2.59. The smallest absolute Gasteiger partial charge is 0.271 e. The molecule has 26 heavy (non-hydrogen) atoms. The lowest BCUT2D eigenvalue weighted by molar-refractivity contribution is -0.115. The second kappa shape index (κ2) is 9.28. The summed E-state index contributed by atoms with van der Waals surface area (Å²) in [4.78, 5) is 23.7. The van der Waals surface area contributed by atoms with Crippen LogP contribution in [0.4, 0.5) is 4.39 Å². The number of nitrogens with one attached hydrogen (secondary N) is 3. The van der Waals surface area contributed by atoms with Gasteiger partial charge in [-0.2, -0.15) is 0 Å². The molecule has 0 heterocycles. The molecule has 2 amide bonds. The van der Waals surface area contributed by atoms with Crippen molar-refractivity contribution in [1.29, 1.82) is 0 Å². The summed E-state index contributed by atoms with van der Waals surface area (Å²) >= 11 is 16.6. The molecule has 9 heteroatoms. The Morgan fingerprint density at radius 2 is 1.73 bits per heavy atom. The quantitative estimate of drug-likeness (QED) is 0.410. The van der Waals surface area contributed by atoms with Gasteiger partial charge in [0.1, 0.15) is 5.82 Å². The lowest BCUT2D eigenvalue weighted by atomic mass is 10.2. The van der Waals surface area contributed by atoms with Gasteiger partial charge in [-0.15, -0.1) is 0 Å². The first-order valence-electron chi connectivity index (χ1n) is 7.15. The predicted molar refractivity (Wildman–Crippen MR) is 103 cm³/mol. The third-order valence-corrected chi connectivity index (χ3v) is 3.75. The van der Waals surface area contributed by atoms with E-state index in [2.05, 4.69) is 16.2 Å². The van der Waals surface area contributed by atoms with Crippen LogP contribution in [0.2, 0.25) is 10.0 Å². The van der Waals surface area contributed by atoms with Crippen molar-refractivity contribution < 1.29 is 14.0 Å². The lowest BCUT2D eigenvalue weighted by Gasteiger charge is -2.10. The molecule has 0 atom stereocenters.